The van der Waals surface area contributed by atoms with Crippen LogP contribution in [-0.4, -0.2) is 10.9 Å². The summed E-state index contributed by atoms with van der Waals surface area (Å²) in [7, 11) is 0. The second-order valence-corrected chi connectivity index (χ2v) is 6.10. The van der Waals surface area contributed by atoms with Crippen LogP contribution < -0.4 is 5.32 Å². The molecule has 2 aromatic carbocycles. The van der Waals surface area contributed by atoms with E-state index in [1.807, 2.05) is 42.5 Å². The van der Waals surface area contributed by atoms with Gasteiger partial charge in [0.05, 0.1) is 11.3 Å². The molecule has 0 saturated carbocycles. The van der Waals surface area contributed by atoms with E-state index in [2.05, 4.69) is 10.3 Å². The van der Waals surface area contributed by atoms with Crippen molar-refractivity contribution in [1.82, 2.24) is 4.98 Å². The van der Waals surface area contributed by atoms with E-state index in [1.54, 1.807) is 12.1 Å². The van der Waals surface area contributed by atoms with Crippen LogP contribution in [0.3, 0.4) is 0 Å². The Morgan fingerprint density at radius 3 is 2.30 bits per heavy atom. The Morgan fingerprint density at radius 1 is 0.963 bits per heavy atom. The van der Waals surface area contributed by atoms with Gasteiger partial charge in [0.25, 0.3) is 5.91 Å². The van der Waals surface area contributed by atoms with Gasteiger partial charge in [-0.25, -0.2) is 4.98 Å². The van der Waals surface area contributed by atoms with Crippen molar-refractivity contribution >= 4 is 11.6 Å². The smallest absolute Gasteiger partial charge is 0.322 e. The molecule has 1 aromatic heterocycles. The molecule has 3 rings (SSSR count). The summed E-state index contributed by atoms with van der Waals surface area (Å²) in [6, 6.07) is 19.1. The first-order valence-electron chi connectivity index (χ1n) is 8.32. The molecule has 0 atom stereocenters. The van der Waals surface area contributed by atoms with Gasteiger partial charge in [-0.1, -0.05) is 48.5 Å². The predicted octanol–water partition coefficient (Wildman–Crippen LogP) is 5.25. The van der Waals surface area contributed by atoms with Crippen molar-refractivity contribution in [3.05, 3.63) is 94.8 Å². The second-order valence-electron chi connectivity index (χ2n) is 6.10. The van der Waals surface area contributed by atoms with E-state index >= 15 is 0 Å². The molecule has 0 saturated heterocycles. The maximum atomic E-state index is 12.7. The Hall–Kier alpha value is -3.15. The third kappa shape index (κ3) is 4.53. The van der Waals surface area contributed by atoms with E-state index in [-0.39, 0.29) is 11.3 Å². The summed E-state index contributed by atoms with van der Waals surface area (Å²) >= 11 is 0. The molecule has 3 nitrogen and oxygen atoms in total. The summed E-state index contributed by atoms with van der Waals surface area (Å²) in [6.45, 7) is 1.39. The summed E-state index contributed by atoms with van der Waals surface area (Å²) in [4.78, 5) is 16.1. The van der Waals surface area contributed by atoms with Crippen LogP contribution in [-0.2, 0) is 12.6 Å². The van der Waals surface area contributed by atoms with Crippen molar-refractivity contribution in [2.45, 2.75) is 19.5 Å². The van der Waals surface area contributed by atoms with Crippen molar-refractivity contribution in [3.8, 4) is 0 Å². The lowest BCUT2D eigenvalue weighted by Gasteiger charge is -2.13. The van der Waals surface area contributed by atoms with Gasteiger partial charge in [-0.05, 0) is 42.7 Å². The first kappa shape index (κ1) is 18.6. The predicted molar refractivity (Wildman–Crippen MR) is 97.6 cm³/mol. The number of halogens is 3. The molecule has 1 heterocycles. The van der Waals surface area contributed by atoms with Gasteiger partial charge in [-0.3, -0.25) is 4.79 Å². The number of alkyl halides is 3. The number of carbonyl (C=O) groups is 1. The highest BCUT2D eigenvalue weighted by Gasteiger charge is 2.33. The van der Waals surface area contributed by atoms with Crippen LogP contribution >= 0.6 is 0 Å². The van der Waals surface area contributed by atoms with Gasteiger partial charge in [-0.2, -0.15) is 13.2 Å². The fraction of sp³-hybridized carbons (Fsp3) is 0.143. The van der Waals surface area contributed by atoms with Crippen molar-refractivity contribution in [2.75, 3.05) is 5.32 Å². The van der Waals surface area contributed by atoms with E-state index in [4.69, 9.17) is 0 Å². The number of hydrogen-bond donors (Lipinski definition) is 1. The van der Waals surface area contributed by atoms with Crippen molar-refractivity contribution in [3.63, 3.8) is 0 Å². The molecule has 0 radical (unpaired) electrons. The number of benzene rings is 2. The van der Waals surface area contributed by atoms with Gasteiger partial charge >= 0.3 is 6.18 Å². The molecular weight excluding hydrogens is 353 g/mol. The maximum Gasteiger partial charge on any atom is 0.433 e. The summed E-state index contributed by atoms with van der Waals surface area (Å²) in [5.74, 6) is -0.491. The average Bonchev–Trinajstić information content (AvgIpc) is 2.63. The molecule has 0 bridgehead atoms. The molecule has 0 aliphatic carbocycles. The number of pyridine rings is 1. The van der Waals surface area contributed by atoms with E-state index in [0.717, 1.165) is 23.3 Å². The SMILES string of the molecule is Cc1nc(C(F)(F)F)ccc1C(=O)Nc1ccccc1Cc1ccccc1. The lowest BCUT2D eigenvalue weighted by molar-refractivity contribution is -0.141. The summed E-state index contributed by atoms with van der Waals surface area (Å²) < 4.78 is 38.2. The van der Waals surface area contributed by atoms with Crippen LogP contribution in [0, 0.1) is 6.92 Å². The van der Waals surface area contributed by atoms with E-state index in [0.29, 0.717) is 12.1 Å². The molecule has 0 unspecified atom stereocenters. The quantitative estimate of drug-likeness (QED) is 0.681. The third-order valence-corrected chi connectivity index (χ3v) is 4.12. The van der Waals surface area contributed by atoms with Crippen LogP contribution in [0.5, 0.6) is 0 Å². The van der Waals surface area contributed by atoms with Gasteiger partial charge in [0, 0.05) is 5.69 Å². The molecule has 0 fully saturated rings. The minimum absolute atomic E-state index is 0.0304. The lowest BCUT2D eigenvalue weighted by Crippen LogP contribution is -2.17. The largest absolute Gasteiger partial charge is 0.433 e. The van der Waals surface area contributed by atoms with Crippen molar-refractivity contribution < 1.29 is 18.0 Å². The second kappa shape index (κ2) is 7.61. The highest BCUT2D eigenvalue weighted by atomic mass is 19.4. The monoisotopic (exact) mass is 370 g/mol. The minimum atomic E-state index is -4.54. The Balaban J connectivity index is 1.83. The van der Waals surface area contributed by atoms with E-state index in [9.17, 15) is 18.0 Å². The van der Waals surface area contributed by atoms with Crippen molar-refractivity contribution in [2.24, 2.45) is 0 Å². The topological polar surface area (TPSA) is 42.0 Å². The van der Waals surface area contributed by atoms with Gasteiger partial charge in [0.2, 0.25) is 0 Å². The number of rotatable bonds is 4. The minimum Gasteiger partial charge on any atom is -0.322 e. The molecular formula is C21H17F3N2O. The molecule has 6 heteroatoms. The number of hydrogen-bond acceptors (Lipinski definition) is 2. The molecule has 138 valence electrons. The summed E-state index contributed by atoms with van der Waals surface area (Å²) in [5, 5.41) is 2.79. The van der Waals surface area contributed by atoms with Crippen LogP contribution in [0.15, 0.2) is 66.7 Å². The number of nitrogens with one attached hydrogen (secondary N) is 1. The van der Waals surface area contributed by atoms with Crippen LogP contribution in [0.2, 0.25) is 0 Å². The number of para-hydroxylation sites is 1. The highest BCUT2D eigenvalue weighted by molar-refractivity contribution is 6.05. The average molecular weight is 370 g/mol. The number of aryl methyl sites for hydroxylation is 1. The molecule has 0 aliphatic rings. The lowest BCUT2D eigenvalue weighted by atomic mass is 10.0. The first-order valence-corrected chi connectivity index (χ1v) is 8.32. The highest BCUT2D eigenvalue weighted by Crippen LogP contribution is 2.28. The summed E-state index contributed by atoms with van der Waals surface area (Å²) in [6.07, 6.45) is -3.91. The maximum absolute atomic E-state index is 12.7. The van der Waals surface area contributed by atoms with Gasteiger partial charge in [-0.15, -0.1) is 0 Å². The zero-order valence-corrected chi connectivity index (χ0v) is 14.5. The first-order chi connectivity index (χ1) is 12.8. The normalized spacial score (nSPS) is 11.3. The molecule has 0 spiro atoms. The fourth-order valence-electron chi connectivity index (χ4n) is 2.76. The number of amides is 1. The van der Waals surface area contributed by atoms with Gasteiger partial charge in [0.15, 0.2) is 0 Å². The van der Waals surface area contributed by atoms with Crippen LogP contribution in [0.4, 0.5) is 18.9 Å². The molecule has 1 amide bonds. The Labute approximate surface area is 154 Å². The van der Waals surface area contributed by atoms with E-state index in [1.165, 1.54) is 6.92 Å². The Morgan fingerprint density at radius 2 is 1.63 bits per heavy atom. The van der Waals surface area contributed by atoms with Gasteiger partial charge in [0.1, 0.15) is 5.69 Å². The molecule has 1 N–H and O–H groups in total. The van der Waals surface area contributed by atoms with Crippen LogP contribution in [0.1, 0.15) is 32.9 Å². The molecule has 27 heavy (non-hydrogen) atoms. The number of nitrogens with zero attached hydrogens (tertiary/aromatic N) is 1. The van der Waals surface area contributed by atoms with Gasteiger partial charge < -0.3 is 5.32 Å². The number of aromatic nitrogens is 1. The fourth-order valence-corrected chi connectivity index (χ4v) is 2.76. The number of anilines is 1. The molecule has 3 aromatic rings. The standard InChI is InChI=1S/C21H17F3N2O/c1-14-17(11-12-19(25-14)21(22,23)24)20(27)26-18-10-6-5-9-16(18)13-15-7-3-2-4-8-15/h2-12H,13H2,1H3,(H,26,27). The zero-order chi connectivity index (χ0) is 19.4. The zero-order valence-electron chi connectivity index (χ0n) is 14.5. The summed E-state index contributed by atoms with van der Waals surface area (Å²) in [5.41, 5.74) is 1.74. The third-order valence-electron chi connectivity index (χ3n) is 4.12. The van der Waals surface area contributed by atoms with Crippen LogP contribution in [0.25, 0.3) is 0 Å². The Kier molecular flexibility index (Phi) is 5.26. The Bertz CT molecular complexity index is 953. The van der Waals surface area contributed by atoms with E-state index < -0.39 is 17.8 Å². The number of carbonyl (C=O) groups excluding carboxylic acids is 1. The molecule has 0 aliphatic heterocycles. The van der Waals surface area contributed by atoms with Crippen molar-refractivity contribution in [1.29, 1.82) is 0 Å².